The topological polar surface area (TPSA) is 67.1 Å². The number of fused-ring (bicyclic) bond motifs is 1. The second kappa shape index (κ2) is 20.6. The average molecular weight is 693 g/mol. The van der Waals surface area contributed by atoms with E-state index in [1.165, 1.54) is 63.5 Å². The fourth-order valence-electron chi connectivity index (χ4n) is 6.05. The predicted octanol–water partition coefficient (Wildman–Crippen LogP) is 11.5. The Hall–Kier alpha value is -2.82. The number of rotatable bonds is 24. The van der Waals surface area contributed by atoms with Crippen LogP contribution < -0.4 is 15.1 Å². The van der Waals surface area contributed by atoms with Gasteiger partial charge < -0.3 is 22.7 Å². The van der Waals surface area contributed by atoms with Gasteiger partial charge in [0.1, 0.15) is 17.1 Å². The number of unbranched alkanes of at least 4 members (excludes halogenated alkanes) is 11. The Morgan fingerprint density at radius 2 is 1.38 bits per heavy atom. The minimum absolute atomic E-state index is 0.0135. The summed E-state index contributed by atoms with van der Waals surface area (Å²) < 4.78 is 67.4. The number of ether oxygens (including phenoxy) is 2. The summed E-state index contributed by atoms with van der Waals surface area (Å²) in [7, 11) is -1.97. The highest BCUT2D eigenvalue weighted by molar-refractivity contribution is 6.66. The smallest absolute Gasteiger partial charge is 0.493 e. The van der Waals surface area contributed by atoms with Crippen LogP contribution >= 0.6 is 0 Å². The molecule has 0 bridgehead atoms. The van der Waals surface area contributed by atoms with Gasteiger partial charge in [-0.3, -0.25) is 0 Å². The van der Waals surface area contributed by atoms with Gasteiger partial charge in [-0.1, -0.05) is 89.7 Å². The Balaban J connectivity index is 1.41. The lowest BCUT2D eigenvalue weighted by Crippen LogP contribution is -2.38. The number of halogens is 3. The molecule has 0 aliphatic carbocycles. The van der Waals surface area contributed by atoms with E-state index < -0.39 is 26.3 Å². The normalized spacial score (nSPS) is 12.1. The van der Waals surface area contributed by atoms with Gasteiger partial charge in [0.05, 0.1) is 12.2 Å². The molecule has 1 heterocycles. The van der Waals surface area contributed by atoms with Crippen molar-refractivity contribution in [1.29, 1.82) is 0 Å². The first-order valence-corrected chi connectivity index (χ1v) is 20.5. The molecule has 268 valence electrons. The minimum Gasteiger partial charge on any atom is -0.493 e. The lowest BCUT2D eigenvalue weighted by Gasteiger charge is -2.25. The van der Waals surface area contributed by atoms with Crippen LogP contribution in [0.4, 0.5) is 13.2 Å². The highest BCUT2D eigenvalue weighted by Crippen LogP contribution is 2.35. The largest absolute Gasteiger partial charge is 0.573 e. The van der Waals surface area contributed by atoms with Crippen LogP contribution in [0.25, 0.3) is 22.1 Å². The molecular weight excluding hydrogens is 637 g/mol. The van der Waals surface area contributed by atoms with Gasteiger partial charge in [-0.15, -0.1) is 13.2 Å². The molecule has 1 aromatic heterocycles. The van der Waals surface area contributed by atoms with Gasteiger partial charge in [-0.05, 0) is 75.5 Å². The van der Waals surface area contributed by atoms with Crippen LogP contribution in [0.1, 0.15) is 110 Å². The average Bonchev–Trinajstić information content (AvgIpc) is 3.03. The van der Waals surface area contributed by atoms with Gasteiger partial charge in [0.15, 0.2) is 0 Å². The lowest BCUT2D eigenvalue weighted by atomic mass is 10.00. The molecule has 0 spiro atoms. The van der Waals surface area contributed by atoms with Crippen molar-refractivity contribution in [3.63, 3.8) is 0 Å². The third-order valence-corrected chi connectivity index (χ3v) is 11.6. The molecule has 0 saturated heterocycles. The second-order valence-corrected chi connectivity index (χ2v) is 16.0. The van der Waals surface area contributed by atoms with Gasteiger partial charge in [0.2, 0.25) is 0 Å². The quantitative estimate of drug-likeness (QED) is 0.0529. The Morgan fingerprint density at radius 3 is 2.00 bits per heavy atom. The second-order valence-electron chi connectivity index (χ2n) is 12.6. The molecule has 0 radical (unpaired) electrons. The molecule has 3 aromatic rings. The fourth-order valence-corrected chi connectivity index (χ4v) is 8.54. The summed E-state index contributed by atoms with van der Waals surface area (Å²) in [4.78, 5) is 13.0. The molecule has 0 aliphatic rings. The fraction of sp³-hybridized carbons (Fsp3) is 0.605. The van der Waals surface area contributed by atoms with E-state index in [1.807, 2.05) is 13.8 Å². The molecule has 3 rings (SSSR count). The number of aryl methyl sites for hydroxylation is 1. The minimum atomic E-state index is -4.89. The van der Waals surface area contributed by atoms with Gasteiger partial charge in [0, 0.05) is 30.2 Å². The molecule has 0 fully saturated rings. The number of benzene rings is 2. The Bertz CT molecular complexity index is 1420. The van der Waals surface area contributed by atoms with Crippen LogP contribution in [0.5, 0.6) is 11.5 Å². The van der Waals surface area contributed by atoms with Gasteiger partial charge in [-0.2, -0.15) is 0 Å². The number of hydrogen-bond acceptors (Lipinski definition) is 6. The van der Waals surface area contributed by atoms with Crippen molar-refractivity contribution < 1.29 is 35.9 Å². The van der Waals surface area contributed by atoms with Gasteiger partial charge in [-0.25, -0.2) is 4.79 Å². The summed E-state index contributed by atoms with van der Waals surface area (Å²) in [6, 6.07) is 12.4. The summed E-state index contributed by atoms with van der Waals surface area (Å²) >= 11 is 0. The van der Waals surface area contributed by atoms with Crippen LogP contribution in [0.2, 0.25) is 12.6 Å². The van der Waals surface area contributed by atoms with Crippen molar-refractivity contribution in [1.82, 2.24) is 0 Å². The summed E-state index contributed by atoms with van der Waals surface area (Å²) in [6.45, 7) is 10.3. The molecule has 0 atom stereocenters. The molecule has 6 nitrogen and oxygen atoms in total. The van der Waals surface area contributed by atoms with Crippen LogP contribution in [0.3, 0.4) is 0 Å². The monoisotopic (exact) mass is 692 g/mol. The molecule has 0 N–H and O–H groups in total. The molecule has 10 heteroatoms. The SMILES string of the molecule is CCCCCc1ccc(-c2cc3ccc(OCCCCCCCCCCCC[Si](C)(OCC)OCC)cc3oc2=O)c(OC(F)(F)F)c1. The van der Waals surface area contributed by atoms with Crippen LogP contribution in [0, 0.1) is 0 Å². The van der Waals surface area contributed by atoms with E-state index in [0.29, 0.717) is 29.7 Å². The van der Waals surface area contributed by atoms with Crippen molar-refractivity contribution in [2.45, 2.75) is 130 Å². The molecule has 0 amide bonds. The standard InChI is InChI=1S/C38H55F3O6Si/c1-5-8-17-20-30-21-24-33(36(27-30)47-38(39,40)41)34-28-31-22-23-32(29-35(31)46-37(34)42)43-25-18-15-13-11-9-10-12-14-16-19-26-48(4,44-6-2)45-7-3/h21-24,27-29H,5-20,25-26H2,1-4H3. The maximum absolute atomic E-state index is 13.3. The van der Waals surface area contributed by atoms with E-state index >= 15 is 0 Å². The lowest BCUT2D eigenvalue weighted by molar-refractivity contribution is -0.274. The molecule has 48 heavy (non-hydrogen) atoms. The predicted molar refractivity (Wildman–Crippen MR) is 189 cm³/mol. The molecule has 0 saturated carbocycles. The van der Waals surface area contributed by atoms with Crippen molar-refractivity contribution >= 4 is 19.5 Å². The van der Waals surface area contributed by atoms with E-state index in [0.717, 1.165) is 56.9 Å². The zero-order valence-corrected chi connectivity index (χ0v) is 30.4. The molecule has 2 aromatic carbocycles. The Morgan fingerprint density at radius 1 is 0.729 bits per heavy atom. The van der Waals surface area contributed by atoms with Crippen LogP contribution in [-0.4, -0.2) is 34.7 Å². The number of alkyl halides is 3. The van der Waals surface area contributed by atoms with Crippen LogP contribution in [-0.2, 0) is 15.3 Å². The highest BCUT2D eigenvalue weighted by Gasteiger charge is 2.33. The van der Waals surface area contributed by atoms with Crippen molar-refractivity contribution in [2.75, 3.05) is 19.8 Å². The first-order valence-electron chi connectivity index (χ1n) is 17.9. The van der Waals surface area contributed by atoms with Crippen molar-refractivity contribution in [3.05, 3.63) is 58.4 Å². The number of hydrogen-bond donors (Lipinski definition) is 0. The van der Waals surface area contributed by atoms with Gasteiger partial charge in [0.25, 0.3) is 0 Å². The molecule has 0 aliphatic heterocycles. The Kier molecular flexibility index (Phi) is 17.0. The van der Waals surface area contributed by atoms with E-state index in [1.54, 1.807) is 30.3 Å². The third kappa shape index (κ3) is 14.0. The van der Waals surface area contributed by atoms with Crippen LogP contribution in [0.15, 0.2) is 51.7 Å². The summed E-state index contributed by atoms with van der Waals surface area (Å²) in [5, 5.41) is 0.582. The van der Waals surface area contributed by atoms with E-state index in [4.69, 9.17) is 18.0 Å². The first kappa shape index (κ1) is 39.6. The maximum Gasteiger partial charge on any atom is 0.573 e. The summed E-state index contributed by atoms with van der Waals surface area (Å²) in [5.74, 6) is 0.181. The van der Waals surface area contributed by atoms with E-state index in [-0.39, 0.29) is 11.1 Å². The zero-order valence-electron chi connectivity index (χ0n) is 29.4. The maximum atomic E-state index is 13.3. The molecular formula is C38H55F3O6Si. The highest BCUT2D eigenvalue weighted by atomic mass is 28.4. The summed E-state index contributed by atoms with van der Waals surface area (Å²) in [5.41, 5.74) is 0.359. The van der Waals surface area contributed by atoms with Crippen molar-refractivity contribution in [2.24, 2.45) is 0 Å². The summed E-state index contributed by atoms with van der Waals surface area (Å²) in [6.07, 6.45) is 10.5. The Labute approximate surface area is 285 Å². The first-order chi connectivity index (χ1) is 23.1. The van der Waals surface area contributed by atoms with E-state index in [9.17, 15) is 18.0 Å². The van der Waals surface area contributed by atoms with Gasteiger partial charge >= 0.3 is 20.5 Å². The zero-order chi connectivity index (χ0) is 34.8. The molecule has 0 unspecified atom stereocenters. The van der Waals surface area contributed by atoms with Crippen molar-refractivity contribution in [3.8, 4) is 22.6 Å². The third-order valence-electron chi connectivity index (χ3n) is 8.53. The van der Waals surface area contributed by atoms with E-state index in [2.05, 4.69) is 18.2 Å².